The molecule has 0 spiro atoms. The van der Waals surface area contributed by atoms with E-state index in [-0.39, 0.29) is 6.10 Å². The Labute approximate surface area is 130 Å². The highest BCUT2D eigenvalue weighted by atomic mass is 32.2. The second-order valence-corrected chi connectivity index (χ2v) is 7.72. The smallest absolute Gasteiger partial charge is 0.206 e. The Morgan fingerprint density at radius 3 is 2.68 bits per heavy atom. The molecule has 2 aromatic rings. The van der Waals surface area contributed by atoms with E-state index in [1.165, 1.54) is 0 Å². The first kappa shape index (κ1) is 13.8. The maximum Gasteiger partial charge on any atom is 0.206 e. The second-order valence-electron chi connectivity index (χ2n) is 5.77. The lowest BCUT2D eigenvalue weighted by atomic mass is 9.90. The molecule has 0 bridgehead atoms. The summed E-state index contributed by atoms with van der Waals surface area (Å²) in [6, 6.07) is 13.8. The maximum atomic E-state index is 12.7. The molecule has 0 amide bonds. The van der Waals surface area contributed by atoms with Gasteiger partial charge in [0, 0.05) is 18.0 Å². The van der Waals surface area contributed by atoms with E-state index >= 15 is 0 Å². The zero-order chi connectivity index (χ0) is 15.2. The molecule has 0 radical (unpaired) electrons. The number of rotatable bonds is 2. The van der Waals surface area contributed by atoms with Gasteiger partial charge in [-0.3, -0.25) is 0 Å². The van der Waals surface area contributed by atoms with E-state index in [2.05, 4.69) is 5.32 Å². The fourth-order valence-electron chi connectivity index (χ4n) is 3.30. The normalized spacial score (nSPS) is 23.5. The summed E-state index contributed by atoms with van der Waals surface area (Å²) in [7, 11) is -3.47. The molecule has 2 heterocycles. The predicted octanol–water partition coefficient (Wildman–Crippen LogP) is 2.36. The van der Waals surface area contributed by atoms with Crippen molar-refractivity contribution in [2.45, 2.75) is 28.2 Å². The molecule has 0 aliphatic carbocycles. The van der Waals surface area contributed by atoms with E-state index in [1.807, 2.05) is 6.07 Å². The lowest BCUT2D eigenvalue weighted by molar-refractivity contribution is 0.177. The van der Waals surface area contributed by atoms with Crippen LogP contribution in [0.15, 0.2) is 58.3 Å². The molecule has 114 valence electrons. The molecule has 1 saturated heterocycles. The first-order chi connectivity index (χ1) is 10.7. The van der Waals surface area contributed by atoms with Crippen molar-refractivity contribution in [2.75, 3.05) is 13.1 Å². The Kier molecular flexibility index (Phi) is 3.20. The SMILES string of the molecule is O=S(=O)(c1ccccc1)c1ccc2c(c1)C1CCNCC1O2. The van der Waals surface area contributed by atoms with Crippen molar-refractivity contribution in [3.8, 4) is 5.75 Å². The van der Waals surface area contributed by atoms with Crippen LogP contribution in [0.3, 0.4) is 0 Å². The van der Waals surface area contributed by atoms with Crippen molar-refractivity contribution >= 4 is 9.84 Å². The van der Waals surface area contributed by atoms with Crippen LogP contribution in [0.5, 0.6) is 5.75 Å². The lowest BCUT2D eigenvalue weighted by Crippen LogP contribution is -2.39. The summed E-state index contributed by atoms with van der Waals surface area (Å²) in [6.45, 7) is 1.76. The number of fused-ring (bicyclic) bond motifs is 3. The van der Waals surface area contributed by atoms with Gasteiger partial charge in [0.2, 0.25) is 9.84 Å². The average Bonchev–Trinajstić information content (AvgIpc) is 2.93. The van der Waals surface area contributed by atoms with Crippen LogP contribution in [0.1, 0.15) is 17.9 Å². The van der Waals surface area contributed by atoms with E-state index in [1.54, 1.807) is 42.5 Å². The Morgan fingerprint density at radius 1 is 1.05 bits per heavy atom. The zero-order valence-corrected chi connectivity index (χ0v) is 12.8. The number of hydrogen-bond donors (Lipinski definition) is 1. The molecule has 2 atom stereocenters. The van der Waals surface area contributed by atoms with Crippen LogP contribution in [0.25, 0.3) is 0 Å². The van der Waals surface area contributed by atoms with Crippen LogP contribution in [0.4, 0.5) is 0 Å². The minimum atomic E-state index is -3.47. The molecular formula is C17H17NO3S. The Bertz CT molecular complexity index is 802. The summed E-state index contributed by atoms with van der Waals surface area (Å²) in [5, 5.41) is 3.32. The van der Waals surface area contributed by atoms with Gasteiger partial charge in [0.15, 0.2) is 0 Å². The standard InChI is InChI=1S/C17H17NO3S/c19-22(20,12-4-2-1-3-5-12)13-6-7-16-15(10-13)14-8-9-18-11-17(14)21-16/h1-7,10,14,17-18H,8-9,11H2. The molecule has 22 heavy (non-hydrogen) atoms. The number of piperidine rings is 1. The summed E-state index contributed by atoms with van der Waals surface area (Å²) in [6.07, 6.45) is 1.10. The highest BCUT2D eigenvalue weighted by Crippen LogP contribution is 2.42. The van der Waals surface area contributed by atoms with Gasteiger partial charge in [-0.1, -0.05) is 18.2 Å². The van der Waals surface area contributed by atoms with Crippen molar-refractivity contribution in [3.05, 3.63) is 54.1 Å². The summed E-state index contributed by atoms with van der Waals surface area (Å²) in [4.78, 5) is 0.677. The van der Waals surface area contributed by atoms with E-state index in [9.17, 15) is 8.42 Å². The average molecular weight is 315 g/mol. The molecular weight excluding hydrogens is 298 g/mol. The lowest BCUT2D eigenvalue weighted by Gasteiger charge is -2.24. The third-order valence-corrected chi connectivity index (χ3v) is 6.22. The fourth-order valence-corrected chi connectivity index (χ4v) is 4.62. The third kappa shape index (κ3) is 2.12. The van der Waals surface area contributed by atoms with Crippen LogP contribution in [-0.2, 0) is 9.84 Å². The molecule has 4 nitrogen and oxygen atoms in total. The Balaban J connectivity index is 1.77. The monoisotopic (exact) mass is 315 g/mol. The van der Waals surface area contributed by atoms with Gasteiger partial charge in [0.05, 0.1) is 9.79 Å². The van der Waals surface area contributed by atoms with Crippen molar-refractivity contribution in [3.63, 3.8) is 0 Å². The number of hydrogen-bond acceptors (Lipinski definition) is 4. The van der Waals surface area contributed by atoms with Crippen molar-refractivity contribution in [2.24, 2.45) is 0 Å². The number of ether oxygens (including phenoxy) is 1. The van der Waals surface area contributed by atoms with Gasteiger partial charge >= 0.3 is 0 Å². The molecule has 2 aromatic carbocycles. The quantitative estimate of drug-likeness (QED) is 0.924. The van der Waals surface area contributed by atoms with Gasteiger partial charge in [-0.25, -0.2) is 8.42 Å². The molecule has 1 N–H and O–H groups in total. The van der Waals surface area contributed by atoms with Crippen molar-refractivity contribution in [1.82, 2.24) is 5.32 Å². The minimum Gasteiger partial charge on any atom is -0.488 e. The van der Waals surface area contributed by atoms with Crippen LogP contribution in [0.2, 0.25) is 0 Å². The summed E-state index contributed by atoms with van der Waals surface area (Å²) in [5.74, 6) is 1.12. The van der Waals surface area contributed by atoms with Crippen LogP contribution >= 0.6 is 0 Å². The maximum absolute atomic E-state index is 12.7. The third-order valence-electron chi connectivity index (χ3n) is 4.45. The summed E-state index contributed by atoms with van der Waals surface area (Å²) < 4.78 is 31.4. The molecule has 0 aromatic heterocycles. The van der Waals surface area contributed by atoms with E-state index < -0.39 is 9.84 Å². The molecule has 4 rings (SSSR count). The Hall–Kier alpha value is -1.85. The number of benzene rings is 2. The highest BCUT2D eigenvalue weighted by molar-refractivity contribution is 7.91. The van der Waals surface area contributed by atoms with E-state index in [4.69, 9.17) is 4.74 Å². The van der Waals surface area contributed by atoms with Gasteiger partial charge in [0.1, 0.15) is 11.9 Å². The van der Waals surface area contributed by atoms with Gasteiger partial charge < -0.3 is 10.1 Å². The highest BCUT2D eigenvalue weighted by Gasteiger charge is 2.37. The topological polar surface area (TPSA) is 55.4 Å². The molecule has 2 aliphatic rings. The van der Waals surface area contributed by atoms with E-state index in [0.29, 0.717) is 15.7 Å². The zero-order valence-electron chi connectivity index (χ0n) is 12.0. The van der Waals surface area contributed by atoms with Crippen LogP contribution in [0, 0.1) is 0 Å². The second kappa shape index (κ2) is 5.11. The molecule has 2 aliphatic heterocycles. The first-order valence-corrected chi connectivity index (χ1v) is 8.96. The van der Waals surface area contributed by atoms with Crippen molar-refractivity contribution < 1.29 is 13.2 Å². The summed E-state index contributed by atoms with van der Waals surface area (Å²) >= 11 is 0. The number of nitrogens with one attached hydrogen (secondary N) is 1. The largest absolute Gasteiger partial charge is 0.488 e. The molecule has 2 unspecified atom stereocenters. The van der Waals surface area contributed by atoms with Crippen LogP contribution < -0.4 is 10.1 Å². The Morgan fingerprint density at radius 2 is 1.86 bits per heavy atom. The minimum absolute atomic E-state index is 0.124. The fraction of sp³-hybridized carbons (Fsp3) is 0.294. The van der Waals surface area contributed by atoms with Gasteiger partial charge in [-0.2, -0.15) is 0 Å². The van der Waals surface area contributed by atoms with Gasteiger partial charge in [-0.05, 0) is 43.3 Å². The summed E-state index contributed by atoms with van der Waals surface area (Å²) in [5.41, 5.74) is 1.03. The van der Waals surface area contributed by atoms with Gasteiger partial charge in [-0.15, -0.1) is 0 Å². The van der Waals surface area contributed by atoms with E-state index in [0.717, 1.165) is 30.8 Å². The van der Waals surface area contributed by atoms with Crippen LogP contribution in [-0.4, -0.2) is 27.6 Å². The first-order valence-electron chi connectivity index (χ1n) is 7.48. The molecule has 0 saturated carbocycles. The molecule has 1 fully saturated rings. The predicted molar refractivity (Wildman–Crippen MR) is 83.0 cm³/mol. The van der Waals surface area contributed by atoms with Gasteiger partial charge in [0.25, 0.3) is 0 Å². The number of sulfone groups is 1. The molecule has 5 heteroatoms. The van der Waals surface area contributed by atoms with Crippen molar-refractivity contribution in [1.29, 1.82) is 0 Å².